The summed E-state index contributed by atoms with van der Waals surface area (Å²) < 4.78 is 30.4. The molecule has 1 fully saturated rings. The van der Waals surface area contributed by atoms with Crippen molar-refractivity contribution in [3.05, 3.63) is 51.6 Å². The Labute approximate surface area is 171 Å². The SMILES string of the molecule is O=C(Nc1ccc(I)cc1)c1ccc2c(c1)S(=O)(=O)N=C1CCCCCN12. The Morgan fingerprint density at radius 1 is 1.07 bits per heavy atom. The molecule has 0 atom stereocenters. The van der Waals surface area contributed by atoms with Crippen LogP contribution in [0.1, 0.15) is 36.0 Å². The fourth-order valence-corrected chi connectivity index (χ4v) is 5.00. The van der Waals surface area contributed by atoms with Gasteiger partial charge in [0, 0.05) is 27.8 Å². The molecule has 8 heteroatoms. The van der Waals surface area contributed by atoms with Crippen LogP contribution in [0, 0.1) is 3.57 Å². The molecule has 0 spiro atoms. The summed E-state index contributed by atoms with van der Waals surface area (Å²) in [7, 11) is -3.80. The van der Waals surface area contributed by atoms with Crippen LogP contribution in [0.4, 0.5) is 11.4 Å². The van der Waals surface area contributed by atoms with Gasteiger partial charge < -0.3 is 10.2 Å². The van der Waals surface area contributed by atoms with Gasteiger partial charge in [0.25, 0.3) is 15.9 Å². The third kappa shape index (κ3) is 3.73. The van der Waals surface area contributed by atoms with Gasteiger partial charge in [-0.15, -0.1) is 4.40 Å². The average molecular weight is 495 g/mol. The maximum Gasteiger partial charge on any atom is 0.286 e. The van der Waals surface area contributed by atoms with E-state index in [-0.39, 0.29) is 10.8 Å². The number of amides is 1. The van der Waals surface area contributed by atoms with Gasteiger partial charge in [-0.2, -0.15) is 8.42 Å². The topological polar surface area (TPSA) is 78.8 Å². The number of halogens is 1. The number of benzene rings is 2. The van der Waals surface area contributed by atoms with Gasteiger partial charge in [0.05, 0.1) is 5.69 Å². The summed E-state index contributed by atoms with van der Waals surface area (Å²) in [6, 6.07) is 12.2. The Bertz CT molecular complexity index is 1030. The number of anilines is 2. The first-order valence-corrected chi connectivity index (χ1v) is 11.3. The van der Waals surface area contributed by atoms with Gasteiger partial charge in [0.2, 0.25) is 0 Å². The fourth-order valence-electron chi connectivity index (χ4n) is 3.36. The fraction of sp³-hybridized carbons (Fsp3) is 0.263. The molecule has 140 valence electrons. The largest absolute Gasteiger partial charge is 0.328 e. The normalized spacial score (nSPS) is 18.0. The number of nitrogens with zero attached hydrogens (tertiary/aromatic N) is 2. The molecule has 0 bridgehead atoms. The van der Waals surface area contributed by atoms with E-state index in [0.29, 0.717) is 29.2 Å². The van der Waals surface area contributed by atoms with Crippen LogP contribution in [0.5, 0.6) is 0 Å². The summed E-state index contributed by atoms with van der Waals surface area (Å²) in [6.07, 6.45) is 3.65. The molecule has 2 aromatic carbocycles. The Balaban J connectivity index is 1.68. The number of nitrogens with one attached hydrogen (secondary N) is 1. The van der Waals surface area contributed by atoms with E-state index in [1.165, 1.54) is 6.07 Å². The first kappa shape index (κ1) is 18.4. The average Bonchev–Trinajstić information content (AvgIpc) is 2.88. The van der Waals surface area contributed by atoms with Crippen LogP contribution >= 0.6 is 22.6 Å². The Hall–Kier alpha value is -1.94. The quantitative estimate of drug-likeness (QED) is 0.639. The molecule has 2 aromatic rings. The molecule has 0 aliphatic carbocycles. The second-order valence-electron chi connectivity index (χ2n) is 6.59. The smallest absolute Gasteiger partial charge is 0.286 e. The first-order chi connectivity index (χ1) is 12.9. The molecule has 2 aliphatic rings. The molecule has 0 radical (unpaired) electrons. The predicted molar refractivity (Wildman–Crippen MR) is 114 cm³/mol. The highest BCUT2D eigenvalue weighted by Crippen LogP contribution is 2.35. The zero-order chi connectivity index (χ0) is 19.0. The lowest BCUT2D eigenvalue weighted by atomic mass is 10.1. The van der Waals surface area contributed by atoms with E-state index in [0.717, 1.165) is 29.4 Å². The molecule has 6 nitrogen and oxygen atoms in total. The molecule has 2 aliphatic heterocycles. The molecule has 0 aromatic heterocycles. The number of hydrogen-bond donors (Lipinski definition) is 1. The molecule has 1 saturated heterocycles. The third-order valence-corrected chi connectivity index (χ3v) is 6.77. The van der Waals surface area contributed by atoms with Gasteiger partial charge in [-0.05, 0) is 77.9 Å². The number of fused-ring (bicyclic) bond motifs is 3. The Morgan fingerprint density at radius 2 is 1.85 bits per heavy atom. The standard InChI is InChI=1S/C19H18IN3O3S/c20-14-6-8-15(9-7-14)21-19(24)13-5-10-16-17(12-13)27(25,26)22-18-4-2-1-3-11-23(16)18/h5-10,12H,1-4,11H2,(H,21,24). The third-order valence-electron chi connectivity index (χ3n) is 4.71. The van der Waals surface area contributed by atoms with Gasteiger partial charge in [-0.25, -0.2) is 0 Å². The van der Waals surface area contributed by atoms with Gasteiger partial charge in [0.15, 0.2) is 0 Å². The number of carbonyl (C=O) groups is 1. The van der Waals surface area contributed by atoms with Crippen LogP contribution in [-0.2, 0) is 10.0 Å². The number of rotatable bonds is 2. The predicted octanol–water partition coefficient (Wildman–Crippen LogP) is 4.02. The zero-order valence-corrected chi connectivity index (χ0v) is 17.5. The van der Waals surface area contributed by atoms with Crippen molar-refractivity contribution in [2.45, 2.75) is 30.6 Å². The highest BCUT2D eigenvalue weighted by atomic mass is 127. The van der Waals surface area contributed by atoms with Crippen LogP contribution in [0.15, 0.2) is 51.8 Å². The van der Waals surface area contributed by atoms with Crippen LogP contribution in [-0.4, -0.2) is 26.7 Å². The van der Waals surface area contributed by atoms with Gasteiger partial charge >= 0.3 is 0 Å². The number of carbonyl (C=O) groups excluding carboxylic acids is 1. The lowest BCUT2D eigenvalue weighted by Crippen LogP contribution is -2.35. The summed E-state index contributed by atoms with van der Waals surface area (Å²) >= 11 is 2.19. The number of amidine groups is 1. The lowest BCUT2D eigenvalue weighted by molar-refractivity contribution is 0.102. The second-order valence-corrected chi connectivity index (χ2v) is 9.41. The van der Waals surface area contributed by atoms with E-state index in [1.807, 2.05) is 29.2 Å². The molecule has 1 N–H and O–H groups in total. The molecule has 0 saturated carbocycles. The molecule has 2 heterocycles. The molecular weight excluding hydrogens is 477 g/mol. The van der Waals surface area contributed by atoms with Crippen molar-refractivity contribution in [3.63, 3.8) is 0 Å². The molecule has 0 unspecified atom stereocenters. The van der Waals surface area contributed by atoms with Crippen LogP contribution in [0.3, 0.4) is 0 Å². The van der Waals surface area contributed by atoms with E-state index in [4.69, 9.17) is 0 Å². The van der Waals surface area contributed by atoms with Crippen molar-refractivity contribution < 1.29 is 13.2 Å². The van der Waals surface area contributed by atoms with Gasteiger partial charge in [-0.1, -0.05) is 6.42 Å². The highest BCUT2D eigenvalue weighted by molar-refractivity contribution is 14.1. The van der Waals surface area contributed by atoms with Crippen molar-refractivity contribution in [1.82, 2.24) is 0 Å². The number of sulfonamides is 1. The minimum Gasteiger partial charge on any atom is -0.328 e. The summed E-state index contributed by atoms with van der Waals surface area (Å²) in [5, 5.41) is 2.80. The minimum absolute atomic E-state index is 0.100. The minimum atomic E-state index is -3.80. The van der Waals surface area contributed by atoms with Crippen LogP contribution < -0.4 is 10.2 Å². The first-order valence-electron chi connectivity index (χ1n) is 8.76. The van der Waals surface area contributed by atoms with E-state index < -0.39 is 10.0 Å². The monoisotopic (exact) mass is 495 g/mol. The van der Waals surface area contributed by atoms with Crippen molar-refractivity contribution in [3.8, 4) is 0 Å². The molecule has 4 rings (SSSR count). The van der Waals surface area contributed by atoms with Crippen molar-refractivity contribution in [1.29, 1.82) is 0 Å². The van der Waals surface area contributed by atoms with E-state index >= 15 is 0 Å². The highest BCUT2D eigenvalue weighted by Gasteiger charge is 2.32. The summed E-state index contributed by atoms with van der Waals surface area (Å²) in [4.78, 5) is 14.7. The van der Waals surface area contributed by atoms with Crippen LogP contribution in [0.2, 0.25) is 0 Å². The molecular formula is C19H18IN3O3S. The maximum atomic E-state index is 12.7. The van der Waals surface area contributed by atoms with E-state index in [9.17, 15) is 13.2 Å². The van der Waals surface area contributed by atoms with Crippen molar-refractivity contribution in [2.24, 2.45) is 4.40 Å². The molecule has 27 heavy (non-hydrogen) atoms. The summed E-state index contributed by atoms with van der Waals surface area (Å²) in [6.45, 7) is 0.746. The zero-order valence-electron chi connectivity index (χ0n) is 14.5. The van der Waals surface area contributed by atoms with E-state index in [1.54, 1.807) is 12.1 Å². The van der Waals surface area contributed by atoms with E-state index in [2.05, 4.69) is 32.3 Å². The van der Waals surface area contributed by atoms with Gasteiger partial charge in [-0.3, -0.25) is 4.79 Å². The summed E-state index contributed by atoms with van der Waals surface area (Å²) in [5.41, 5.74) is 1.57. The van der Waals surface area contributed by atoms with Gasteiger partial charge in [0.1, 0.15) is 10.7 Å². The van der Waals surface area contributed by atoms with Crippen molar-refractivity contribution in [2.75, 3.05) is 16.8 Å². The van der Waals surface area contributed by atoms with Crippen LogP contribution in [0.25, 0.3) is 0 Å². The summed E-state index contributed by atoms with van der Waals surface area (Å²) in [5.74, 6) is 0.260. The second kappa shape index (κ2) is 7.23. The van der Waals surface area contributed by atoms with Crippen molar-refractivity contribution >= 4 is 55.7 Å². The Morgan fingerprint density at radius 3 is 2.63 bits per heavy atom. The number of hydrogen-bond acceptors (Lipinski definition) is 4. The maximum absolute atomic E-state index is 12.7. The Kier molecular flexibility index (Phi) is 4.94. The lowest BCUT2D eigenvalue weighted by Gasteiger charge is -2.29. The molecule has 1 amide bonds.